The van der Waals surface area contributed by atoms with Gasteiger partial charge in [-0.3, -0.25) is 14.4 Å². The van der Waals surface area contributed by atoms with Crippen molar-refractivity contribution in [1.29, 1.82) is 0 Å². The number of sulfonamides is 1. The SMILES string of the molecule is Cc1ccc(NS(=O)(=O)c2ccc3c(c2)C(=O)N(c2ccc(C)cc2)[C@H](c2ccccc2F)N3Cc2ccccc2)cc1. The van der Waals surface area contributed by atoms with Crippen LogP contribution in [0.15, 0.2) is 126 Å². The van der Waals surface area contributed by atoms with Crippen molar-refractivity contribution in [1.82, 2.24) is 0 Å². The fourth-order valence-corrected chi connectivity index (χ4v) is 6.44. The molecule has 43 heavy (non-hydrogen) atoms. The van der Waals surface area contributed by atoms with Crippen molar-refractivity contribution >= 4 is 33.0 Å². The fraction of sp³-hybridized carbons (Fsp3) is 0.114. The van der Waals surface area contributed by atoms with Gasteiger partial charge in [-0.25, -0.2) is 12.8 Å². The number of hydrogen-bond acceptors (Lipinski definition) is 4. The van der Waals surface area contributed by atoms with E-state index in [1.807, 2.05) is 85.5 Å². The average molecular weight is 592 g/mol. The summed E-state index contributed by atoms with van der Waals surface area (Å²) in [5.74, 6) is -0.871. The highest BCUT2D eigenvalue weighted by Gasteiger charge is 2.41. The molecule has 1 amide bonds. The van der Waals surface area contributed by atoms with E-state index < -0.39 is 27.9 Å². The van der Waals surface area contributed by atoms with Crippen LogP contribution in [0.3, 0.4) is 0 Å². The van der Waals surface area contributed by atoms with Crippen LogP contribution in [-0.4, -0.2) is 14.3 Å². The molecule has 1 heterocycles. The zero-order valence-corrected chi connectivity index (χ0v) is 24.6. The lowest BCUT2D eigenvalue weighted by molar-refractivity contribution is 0.0967. The lowest BCUT2D eigenvalue weighted by Gasteiger charge is -2.46. The van der Waals surface area contributed by atoms with Crippen molar-refractivity contribution in [2.45, 2.75) is 31.5 Å². The first-order valence-electron chi connectivity index (χ1n) is 13.9. The van der Waals surface area contributed by atoms with E-state index in [0.29, 0.717) is 29.2 Å². The first kappa shape index (κ1) is 28.2. The first-order valence-corrected chi connectivity index (χ1v) is 15.4. The molecule has 1 N–H and O–H groups in total. The molecule has 0 fully saturated rings. The van der Waals surface area contributed by atoms with Gasteiger partial charge >= 0.3 is 0 Å². The van der Waals surface area contributed by atoms with Crippen molar-refractivity contribution in [2.75, 3.05) is 14.5 Å². The van der Waals surface area contributed by atoms with Crippen LogP contribution in [0.2, 0.25) is 0 Å². The Kier molecular flexibility index (Phi) is 7.46. The molecule has 216 valence electrons. The van der Waals surface area contributed by atoms with Crippen molar-refractivity contribution < 1.29 is 17.6 Å². The summed E-state index contributed by atoms with van der Waals surface area (Å²) in [5, 5.41) is 0. The van der Waals surface area contributed by atoms with Gasteiger partial charge in [0, 0.05) is 23.5 Å². The Morgan fingerprint density at radius 3 is 2.07 bits per heavy atom. The van der Waals surface area contributed by atoms with E-state index in [2.05, 4.69) is 4.72 Å². The molecule has 0 saturated heterocycles. The van der Waals surface area contributed by atoms with E-state index >= 15 is 4.39 Å². The molecule has 0 aliphatic carbocycles. The summed E-state index contributed by atoms with van der Waals surface area (Å²) in [7, 11) is -4.02. The summed E-state index contributed by atoms with van der Waals surface area (Å²) >= 11 is 0. The van der Waals surface area contributed by atoms with Crippen LogP contribution < -0.4 is 14.5 Å². The minimum atomic E-state index is -4.02. The van der Waals surface area contributed by atoms with Crippen molar-refractivity contribution in [2.24, 2.45) is 0 Å². The highest BCUT2D eigenvalue weighted by atomic mass is 32.2. The average Bonchev–Trinajstić information content (AvgIpc) is 3.01. The van der Waals surface area contributed by atoms with Crippen molar-refractivity contribution in [3.8, 4) is 0 Å². The van der Waals surface area contributed by atoms with Gasteiger partial charge in [0.15, 0.2) is 0 Å². The summed E-state index contributed by atoms with van der Waals surface area (Å²) in [5.41, 5.74) is 4.99. The number of nitrogens with zero attached hydrogens (tertiary/aromatic N) is 2. The molecule has 1 aliphatic heterocycles. The number of anilines is 3. The third-order valence-electron chi connectivity index (χ3n) is 7.57. The van der Waals surface area contributed by atoms with Crippen LogP contribution in [0.1, 0.15) is 38.8 Å². The molecule has 0 unspecified atom stereocenters. The molecule has 6 rings (SSSR count). The largest absolute Gasteiger partial charge is 0.342 e. The second kappa shape index (κ2) is 11.4. The molecule has 0 radical (unpaired) electrons. The number of nitrogens with one attached hydrogen (secondary N) is 1. The predicted molar refractivity (Wildman–Crippen MR) is 168 cm³/mol. The van der Waals surface area contributed by atoms with E-state index in [9.17, 15) is 13.2 Å². The van der Waals surface area contributed by atoms with Gasteiger partial charge in [0.05, 0.1) is 16.1 Å². The number of amides is 1. The van der Waals surface area contributed by atoms with Gasteiger partial charge in [0.25, 0.3) is 15.9 Å². The first-order chi connectivity index (χ1) is 20.7. The molecule has 0 bridgehead atoms. The maximum atomic E-state index is 15.5. The monoisotopic (exact) mass is 591 g/mol. The number of rotatable bonds is 7. The Hall–Kier alpha value is -4.95. The number of hydrogen-bond donors (Lipinski definition) is 1. The molecular weight excluding hydrogens is 561 g/mol. The lowest BCUT2D eigenvalue weighted by atomic mass is 9.98. The normalized spacial score (nSPS) is 14.9. The van der Waals surface area contributed by atoms with Gasteiger partial charge in [-0.05, 0) is 67.9 Å². The van der Waals surface area contributed by atoms with Gasteiger partial charge < -0.3 is 4.90 Å². The number of fused-ring (bicyclic) bond motifs is 1. The number of carbonyl (C=O) groups excluding carboxylic acids is 1. The quantitative estimate of drug-likeness (QED) is 0.212. The topological polar surface area (TPSA) is 69.7 Å². The van der Waals surface area contributed by atoms with E-state index in [-0.39, 0.29) is 10.5 Å². The standard InChI is InChI=1S/C35H30FN3O3S/c1-24-12-16-27(17-13-24)37-43(41,42)29-20-21-33-31(22-29)35(40)39(28-18-14-25(2)15-19-28)34(30-10-6-7-11-32(30)36)38(33)23-26-8-4-3-5-9-26/h3-22,34,37H,23H2,1-2H3/t34-/m1/s1. The van der Waals surface area contributed by atoms with Crippen LogP contribution >= 0.6 is 0 Å². The van der Waals surface area contributed by atoms with E-state index in [0.717, 1.165) is 16.7 Å². The molecular formula is C35H30FN3O3S. The molecule has 0 spiro atoms. The highest BCUT2D eigenvalue weighted by Crippen LogP contribution is 2.43. The van der Waals surface area contributed by atoms with Crippen LogP contribution in [0.4, 0.5) is 21.5 Å². The minimum Gasteiger partial charge on any atom is -0.342 e. The number of benzene rings is 5. The molecule has 0 saturated carbocycles. The Bertz CT molecular complexity index is 1890. The van der Waals surface area contributed by atoms with Crippen molar-refractivity contribution in [3.63, 3.8) is 0 Å². The number of halogens is 1. The molecule has 1 aliphatic rings. The van der Waals surface area contributed by atoms with E-state index in [4.69, 9.17) is 0 Å². The Labute approximate surface area is 251 Å². The van der Waals surface area contributed by atoms with Gasteiger partial charge in [0.2, 0.25) is 0 Å². The maximum Gasteiger partial charge on any atom is 0.262 e. The Morgan fingerprint density at radius 1 is 0.767 bits per heavy atom. The molecule has 5 aromatic carbocycles. The zero-order valence-electron chi connectivity index (χ0n) is 23.7. The molecule has 5 aromatic rings. The summed E-state index contributed by atoms with van der Waals surface area (Å²) in [6.45, 7) is 4.21. The lowest BCUT2D eigenvalue weighted by Crippen LogP contribution is -2.50. The molecule has 1 atom stereocenters. The van der Waals surface area contributed by atoms with Crippen LogP contribution in [0.5, 0.6) is 0 Å². The molecule has 6 nitrogen and oxygen atoms in total. The Balaban J connectivity index is 1.53. The number of carbonyl (C=O) groups is 1. The summed E-state index contributed by atoms with van der Waals surface area (Å²) < 4.78 is 45.1. The van der Waals surface area contributed by atoms with Gasteiger partial charge in [-0.15, -0.1) is 0 Å². The van der Waals surface area contributed by atoms with Crippen molar-refractivity contribution in [3.05, 3.63) is 155 Å². The van der Waals surface area contributed by atoms with Gasteiger partial charge in [-0.1, -0.05) is 83.9 Å². The van der Waals surface area contributed by atoms with Crippen LogP contribution in [0.25, 0.3) is 0 Å². The number of aryl methyl sites for hydroxylation is 2. The van der Waals surface area contributed by atoms with Gasteiger partial charge in [-0.2, -0.15) is 0 Å². The van der Waals surface area contributed by atoms with E-state index in [1.165, 1.54) is 18.2 Å². The highest BCUT2D eigenvalue weighted by molar-refractivity contribution is 7.92. The maximum absolute atomic E-state index is 15.5. The van der Waals surface area contributed by atoms with Crippen LogP contribution in [0, 0.1) is 19.7 Å². The zero-order chi connectivity index (χ0) is 30.1. The fourth-order valence-electron chi connectivity index (χ4n) is 5.36. The predicted octanol–water partition coefficient (Wildman–Crippen LogP) is 7.61. The Morgan fingerprint density at radius 2 is 1.40 bits per heavy atom. The molecule has 0 aromatic heterocycles. The third-order valence-corrected chi connectivity index (χ3v) is 8.95. The summed E-state index contributed by atoms with van der Waals surface area (Å²) in [6.07, 6.45) is -0.836. The summed E-state index contributed by atoms with van der Waals surface area (Å²) in [4.78, 5) is 17.9. The van der Waals surface area contributed by atoms with Crippen LogP contribution in [-0.2, 0) is 16.6 Å². The second-order valence-corrected chi connectivity index (χ2v) is 12.4. The minimum absolute atomic E-state index is 0.0481. The van der Waals surface area contributed by atoms with E-state index in [1.54, 1.807) is 41.3 Å². The summed E-state index contributed by atoms with van der Waals surface area (Å²) in [6, 6.07) is 35.1. The third kappa shape index (κ3) is 5.61. The molecule has 8 heteroatoms. The second-order valence-electron chi connectivity index (χ2n) is 10.7. The smallest absolute Gasteiger partial charge is 0.262 e. The van der Waals surface area contributed by atoms with Gasteiger partial charge in [0.1, 0.15) is 12.0 Å².